The Kier molecular flexibility index (Phi) is 7.66. The third-order valence-electron chi connectivity index (χ3n) is 5.73. The molecule has 7 heteroatoms. The second-order valence-electron chi connectivity index (χ2n) is 7.86. The Labute approximate surface area is 172 Å². The molecule has 3 atom stereocenters. The number of benzene rings is 1. The largest absolute Gasteiger partial charge is 0.491 e. The summed E-state index contributed by atoms with van der Waals surface area (Å²) in [6.45, 7) is 6.17. The number of methoxy groups -OCH3 is 1. The van der Waals surface area contributed by atoms with Crippen LogP contribution in [0.4, 0.5) is 0 Å². The van der Waals surface area contributed by atoms with Crippen LogP contribution in [0.1, 0.15) is 35.4 Å². The molecular weight excluding hydrogens is 370 g/mol. The van der Waals surface area contributed by atoms with Gasteiger partial charge in [-0.05, 0) is 51.3 Å². The molecule has 0 saturated carbocycles. The number of aliphatic hydroxyl groups excluding tert-OH is 2. The zero-order valence-corrected chi connectivity index (χ0v) is 17.6. The number of hydrogen-bond acceptors (Lipinski definition) is 6. The minimum absolute atomic E-state index is 0.0258. The van der Waals surface area contributed by atoms with Crippen molar-refractivity contribution in [2.24, 2.45) is 0 Å². The van der Waals surface area contributed by atoms with Gasteiger partial charge in [-0.15, -0.1) is 0 Å². The molecule has 0 bridgehead atoms. The van der Waals surface area contributed by atoms with E-state index in [4.69, 9.17) is 9.47 Å². The third-order valence-corrected chi connectivity index (χ3v) is 5.73. The van der Waals surface area contributed by atoms with E-state index >= 15 is 0 Å². The molecule has 160 valence electrons. The van der Waals surface area contributed by atoms with Crippen molar-refractivity contribution in [1.82, 2.24) is 15.1 Å². The Hall–Kier alpha value is -1.93. The summed E-state index contributed by atoms with van der Waals surface area (Å²) in [5, 5.41) is 28.5. The number of rotatable bonds is 3. The summed E-state index contributed by atoms with van der Waals surface area (Å²) in [7, 11) is 1.57. The van der Waals surface area contributed by atoms with Crippen LogP contribution in [0.2, 0.25) is 0 Å². The Balaban J connectivity index is 1.80. The number of fused-ring (bicyclic) bond motifs is 1. The number of hydrogen-bond donors (Lipinski definition) is 3. The monoisotopic (exact) mass is 403 g/mol. The first-order valence-electron chi connectivity index (χ1n) is 10.3. The highest BCUT2D eigenvalue weighted by atomic mass is 16.5. The molecular formula is C22H33N3O4. The normalized spacial score (nSPS) is 24.7. The summed E-state index contributed by atoms with van der Waals surface area (Å²) in [4.78, 5) is 2.28. The molecule has 0 saturated heterocycles. The Bertz CT molecular complexity index is 760. The second kappa shape index (κ2) is 10.2. The first-order valence-corrected chi connectivity index (χ1v) is 10.3. The Morgan fingerprint density at radius 2 is 2.03 bits per heavy atom. The van der Waals surface area contributed by atoms with E-state index in [1.807, 2.05) is 32.0 Å². The zero-order valence-electron chi connectivity index (χ0n) is 17.6. The Morgan fingerprint density at radius 1 is 1.24 bits per heavy atom. The van der Waals surface area contributed by atoms with Crippen LogP contribution in [-0.4, -0.2) is 70.4 Å². The standard InChI is InChI=1S/C22H33N3O4/c1-15-18(16(2)24-23-15)12-25-11-7-6-9-17-8-4-5-10-20(17)29-14-19(26)22(27)21(13-25)28-3/h4-5,8,10,19,21-22,26-27H,6-7,9,11-14H2,1-3H3,(H,23,24)/t19-,21+,22-/m1/s1. The molecule has 7 nitrogen and oxygen atoms in total. The summed E-state index contributed by atoms with van der Waals surface area (Å²) >= 11 is 0. The molecule has 1 aliphatic rings. The molecule has 0 unspecified atom stereocenters. The molecule has 0 radical (unpaired) electrons. The highest BCUT2D eigenvalue weighted by Gasteiger charge is 2.29. The number of nitrogens with one attached hydrogen (secondary N) is 1. The highest BCUT2D eigenvalue weighted by molar-refractivity contribution is 5.33. The fraction of sp³-hybridized carbons (Fsp3) is 0.591. The van der Waals surface area contributed by atoms with Gasteiger partial charge in [0.2, 0.25) is 0 Å². The molecule has 3 N–H and O–H groups in total. The molecule has 1 aliphatic heterocycles. The molecule has 29 heavy (non-hydrogen) atoms. The van der Waals surface area contributed by atoms with Crippen molar-refractivity contribution in [2.75, 3.05) is 26.8 Å². The minimum Gasteiger partial charge on any atom is -0.491 e. The van der Waals surface area contributed by atoms with E-state index in [0.717, 1.165) is 55.1 Å². The zero-order chi connectivity index (χ0) is 20.8. The number of nitrogens with zero attached hydrogens (tertiary/aromatic N) is 2. The van der Waals surface area contributed by atoms with Gasteiger partial charge in [0.05, 0.1) is 11.8 Å². The minimum atomic E-state index is -1.04. The van der Waals surface area contributed by atoms with Gasteiger partial charge in [-0.2, -0.15) is 5.10 Å². The van der Waals surface area contributed by atoms with Crippen LogP contribution in [0, 0.1) is 13.8 Å². The summed E-state index contributed by atoms with van der Waals surface area (Å²) in [6.07, 6.45) is 0.370. The van der Waals surface area contributed by atoms with Gasteiger partial charge < -0.3 is 19.7 Å². The molecule has 0 spiro atoms. The lowest BCUT2D eigenvalue weighted by Gasteiger charge is -2.31. The number of aromatic nitrogens is 2. The number of aromatic amines is 1. The van der Waals surface area contributed by atoms with Gasteiger partial charge >= 0.3 is 0 Å². The van der Waals surface area contributed by atoms with Crippen molar-refractivity contribution < 1.29 is 19.7 Å². The van der Waals surface area contributed by atoms with Crippen molar-refractivity contribution in [3.63, 3.8) is 0 Å². The summed E-state index contributed by atoms with van der Waals surface area (Å²) in [5.74, 6) is 0.772. The van der Waals surface area contributed by atoms with Gasteiger partial charge in [0.15, 0.2) is 0 Å². The Morgan fingerprint density at radius 3 is 2.76 bits per heavy atom. The molecule has 0 aliphatic carbocycles. The lowest BCUT2D eigenvalue weighted by atomic mass is 10.1. The predicted octanol–water partition coefficient (Wildman–Crippen LogP) is 1.98. The molecule has 1 aromatic heterocycles. The molecule has 3 rings (SSSR count). The fourth-order valence-corrected chi connectivity index (χ4v) is 3.87. The number of para-hydroxylation sites is 1. The van der Waals surface area contributed by atoms with E-state index in [9.17, 15) is 10.2 Å². The molecule has 2 aromatic rings. The third kappa shape index (κ3) is 5.57. The highest BCUT2D eigenvalue weighted by Crippen LogP contribution is 2.22. The smallest absolute Gasteiger partial charge is 0.122 e. The number of aliphatic hydroxyl groups is 2. The average molecular weight is 404 g/mol. The van der Waals surface area contributed by atoms with Crippen LogP contribution in [0.25, 0.3) is 0 Å². The van der Waals surface area contributed by atoms with Crippen molar-refractivity contribution in [3.05, 3.63) is 46.8 Å². The maximum atomic E-state index is 10.7. The molecule has 0 fully saturated rings. The van der Waals surface area contributed by atoms with E-state index in [0.29, 0.717) is 6.54 Å². The summed E-state index contributed by atoms with van der Waals surface area (Å²) < 4.78 is 11.4. The van der Waals surface area contributed by atoms with Crippen molar-refractivity contribution in [1.29, 1.82) is 0 Å². The topological polar surface area (TPSA) is 90.8 Å². The first-order chi connectivity index (χ1) is 14.0. The van der Waals surface area contributed by atoms with Crippen LogP contribution in [0.5, 0.6) is 5.75 Å². The van der Waals surface area contributed by atoms with Crippen molar-refractivity contribution in [3.8, 4) is 5.75 Å². The molecule has 0 amide bonds. The van der Waals surface area contributed by atoms with E-state index in [1.54, 1.807) is 7.11 Å². The summed E-state index contributed by atoms with van der Waals surface area (Å²) in [5.41, 5.74) is 4.35. The van der Waals surface area contributed by atoms with Crippen LogP contribution in [0.15, 0.2) is 24.3 Å². The van der Waals surface area contributed by atoms with Crippen LogP contribution < -0.4 is 4.74 Å². The van der Waals surface area contributed by atoms with Crippen molar-refractivity contribution >= 4 is 0 Å². The van der Waals surface area contributed by atoms with Gasteiger partial charge in [0.1, 0.15) is 24.6 Å². The van der Waals surface area contributed by atoms with Gasteiger partial charge in [-0.3, -0.25) is 10.00 Å². The lowest BCUT2D eigenvalue weighted by molar-refractivity contribution is -0.0955. The second-order valence-corrected chi connectivity index (χ2v) is 7.86. The molecule has 1 aromatic carbocycles. The van der Waals surface area contributed by atoms with Gasteiger partial charge in [0.25, 0.3) is 0 Å². The average Bonchev–Trinajstić information content (AvgIpc) is 3.04. The van der Waals surface area contributed by atoms with E-state index in [2.05, 4.69) is 21.2 Å². The number of H-pyrrole nitrogens is 1. The first kappa shape index (κ1) is 21.8. The lowest BCUT2D eigenvalue weighted by Crippen LogP contribution is -2.47. The van der Waals surface area contributed by atoms with Gasteiger partial charge in [-0.1, -0.05) is 18.2 Å². The number of aryl methyl sites for hydroxylation is 3. The van der Waals surface area contributed by atoms with Gasteiger partial charge in [-0.25, -0.2) is 0 Å². The van der Waals surface area contributed by atoms with Crippen LogP contribution in [-0.2, 0) is 17.7 Å². The van der Waals surface area contributed by atoms with Crippen LogP contribution in [0.3, 0.4) is 0 Å². The SMILES string of the molecule is CO[C@H]1CN(Cc2c(C)n[nH]c2C)CCCCc2ccccc2OC[C@@H](O)[C@H]1O. The van der Waals surface area contributed by atoms with E-state index < -0.39 is 18.3 Å². The fourth-order valence-electron chi connectivity index (χ4n) is 3.87. The van der Waals surface area contributed by atoms with E-state index in [-0.39, 0.29) is 6.61 Å². The summed E-state index contributed by atoms with van der Waals surface area (Å²) in [6, 6.07) is 7.91. The van der Waals surface area contributed by atoms with E-state index in [1.165, 1.54) is 5.56 Å². The predicted molar refractivity (Wildman–Crippen MR) is 111 cm³/mol. The van der Waals surface area contributed by atoms with Crippen LogP contribution >= 0.6 is 0 Å². The molecule has 2 heterocycles. The maximum Gasteiger partial charge on any atom is 0.122 e. The van der Waals surface area contributed by atoms with Crippen molar-refractivity contribution in [2.45, 2.75) is 58.0 Å². The maximum absolute atomic E-state index is 10.7. The quantitative estimate of drug-likeness (QED) is 0.726. The number of ether oxygens (including phenoxy) is 2. The van der Waals surface area contributed by atoms with Gasteiger partial charge in [0, 0.05) is 31.5 Å².